The predicted molar refractivity (Wildman–Crippen MR) is 110 cm³/mol. The van der Waals surface area contributed by atoms with E-state index in [1.807, 2.05) is 20.8 Å². The van der Waals surface area contributed by atoms with E-state index in [-0.39, 0.29) is 31.3 Å². The van der Waals surface area contributed by atoms with Crippen LogP contribution in [0, 0.1) is 6.92 Å². The van der Waals surface area contributed by atoms with Gasteiger partial charge in [-0.2, -0.15) is 0 Å². The first kappa shape index (κ1) is 22.8. The predicted octanol–water partition coefficient (Wildman–Crippen LogP) is -0.510. The van der Waals surface area contributed by atoms with E-state index in [0.717, 1.165) is 19.6 Å². The van der Waals surface area contributed by atoms with Crippen molar-refractivity contribution in [2.75, 3.05) is 26.2 Å². The van der Waals surface area contributed by atoms with E-state index in [9.17, 15) is 14.7 Å². The molecule has 0 spiro atoms. The topological polar surface area (TPSA) is 124 Å². The maximum Gasteiger partial charge on any atom is 0.680 e. The van der Waals surface area contributed by atoms with Gasteiger partial charge in [-0.1, -0.05) is 0 Å². The second-order valence-corrected chi connectivity index (χ2v) is 10.6. The zero-order valence-electron chi connectivity index (χ0n) is 18.3. The first-order valence-corrected chi connectivity index (χ1v) is 12.3. The SMILES string of the molecule is Cc1cn([C@H]2C[C@H](O[Si]34O[C@H](C)CN(C[C@@H](C)O3)C[C@H](C)O4)[C@@H](CO)O2)c(=O)[nH]c1=O. The van der Waals surface area contributed by atoms with Gasteiger partial charge in [-0.3, -0.25) is 19.2 Å². The van der Waals surface area contributed by atoms with E-state index < -0.39 is 38.7 Å². The van der Waals surface area contributed by atoms with Gasteiger partial charge in [0, 0.05) is 37.8 Å². The number of aryl methyl sites for hydroxylation is 1. The van der Waals surface area contributed by atoms with Gasteiger partial charge in [-0.25, -0.2) is 4.79 Å². The third-order valence-corrected chi connectivity index (χ3v) is 8.36. The minimum absolute atomic E-state index is 0.151. The van der Waals surface area contributed by atoms with Gasteiger partial charge >= 0.3 is 14.7 Å². The van der Waals surface area contributed by atoms with Gasteiger partial charge in [0.1, 0.15) is 12.3 Å². The Hall–Kier alpha value is -1.38. The van der Waals surface area contributed by atoms with Crippen molar-refractivity contribution in [1.29, 1.82) is 0 Å². The van der Waals surface area contributed by atoms with Crippen LogP contribution >= 0.6 is 0 Å². The quantitative estimate of drug-likeness (QED) is 0.575. The molecule has 5 rings (SSSR count). The zero-order valence-corrected chi connectivity index (χ0v) is 19.3. The lowest BCUT2D eigenvalue weighted by Gasteiger charge is -2.44. The van der Waals surface area contributed by atoms with Crippen molar-refractivity contribution in [3.8, 4) is 0 Å². The van der Waals surface area contributed by atoms with Crippen LogP contribution in [0.3, 0.4) is 0 Å². The molecule has 1 aromatic rings. The zero-order chi connectivity index (χ0) is 22.3. The maximum atomic E-state index is 12.3. The third kappa shape index (κ3) is 4.86. The molecule has 2 N–H and O–H groups in total. The van der Waals surface area contributed by atoms with Crippen LogP contribution in [0.2, 0.25) is 0 Å². The largest absolute Gasteiger partial charge is 0.680 e. The highest BCUT2D eigenvalue weighted by molar-refractivity contribution is 6.53. The van der Waals surface area contributed by atoms with Crippen molar-refractivity contribution < 1.29 is 27.5 Å². The van der Waals surface area contributed by atoms with Crippen LogP contribution in [0.1, 0.15) is 39.0 Å². The summed E-state index contributed by atoms with van der Waals surface area (Å²) < 4.78 is 32.3. The Balaban J connectivity index is 1.59. The summed E-state index contributed by atoms with van der Waals surface area (Å²) in [4.78, 5) is 28.5. The van der Waals surface area contributed by atoms with Crippen molar-refractivity contribution in [2.45, 2.75) is 70.9 Å². The van der Waals surface area contributed by atoms with Crippen molar-refractivity contribution in [3.05, 3.63) is 32.6 Å². The number of aromatic nitrogens is 2. The number of rotatable bonds is 4. The molecule has 0 saturated carbocycles. The highest BCUT2D eigenvalue weighted by atomic mass is 28.4. The molecule has 1 aromatic heterocycles. The van der Waals surface area contributed by atoms with E-state index in [0.29, 0.717) is 5.56 Å². The normalized spacial score (nSPS) is 41.0. The summed E-state index contributed by atoms with van der Waals surface area (Å²) in [5.41, 5.74) is -0.635. The molecule has 11 nitrogen and oxygen atoms in total. The fraction of sp³-hybridized carbons (Fsp3) is 0.789. The number of hydrogen-bond donors (Lipinski definition) is 2. The van der Waals surface area contributed by atoms with Gasteiger partial charge in [0.2, 0.25) is 0 Å². The van der Waals surface area contributed by atoms with E-state index in [2.05, 4.69) is 9.88 Å². The average molecular weight is 458 g/mol. The summed E-state index contributed by atoms with van der Waals surface area (Å²) in [6.45, 7) is 9.41. The minimum Gasteiger partial charge on any atom is -0.394 e. The number of hydrogen-bond acceptors (Lipinski definition) is 9. The Bertz CT molecular complexity index is 871. The first-order chi connectivity index (χ1) is 14.7. The Labute approximate surface area is 181 Å². The summed E-state index contributed by atoms with van der Waals surface area (Å²) in [5.74, 6) is 0. The van der Waals surface area contributed by atoms with E-state index in [1.54, 1.807) is 6.92 Å². The lowest BCUT2D eigenvalue weighted by Crippen LogP contribution is -2.64. The Morgan fingerprint density at radius 3 is 2.26 bits per heavy atom. The Morgan fingerprint density at radius 2 is 1.71 bits per heavy atom. The fourth-order valence-electron chi connectivity index (χ4n) is 4.48. The van der Waals surface area contributed by atoms with Crippen LogP contribution in [0.4, 0.5) is 0 Å². The third-order valence-electron chi connectivity index (χ3n) is 5.69. The highest BCUT2D eigenvalue weighted by Crippen LogP contribution is 2.34. The van der Waals surface area contributed by atoms with E-state index >= 15 is 0 Å². The Morgan fingerprint density at radius 1 is 1.13 bits per heavy atom. The van der Waals surface area contributed by atoms with E-state index in [1.165, 1.54) is 10.8 Å². The molecule has 174 valence electrons. The monoisotopic (exact) mass is 457 g/mol. The van der Waals surface area contributed by atoms with Gasteiger partial charge in [0.05, 0.1) is 31.0 Å². The minimum atomic E-state index is -3.57. The molecule has 4 aliphatic rings. The van der Waals surface area contributed by atoms with Crippen LogP contribution in [-0.4, -0.2) is 85.4 Å². The molecular formula is C19H31N3O8Si. The maximum absolute atomic E-state index is 12.3. The molecular weight excluding hydrogens is 426 g/mol. The highest BCUT2D eigenvalue weighted by Gasteiger charge is 2.56. The summed E-state index contributed by atoms with van der Waals surface area (Å²) >= 11 is 0. The standard InChI is InChI=1S/C19H31N3O8Si/c1-11-6-22(19(25)20-18(11)24)17-5-15(16(10-23)26-17)30-31-27-12(2)7-21(8-13(3)28-31)9-14(4)29-31/h6,12-17,23H,5,7-10H2,1-4H3,(H,20,24,25)/t12-,13-,14+,15+,16-,17-/m1/s1. The fourth-order valence-corrected chi connectivity index (χ4v) is 7.13. The molecule has 0 aromatic carbocycles. The number of nitrogens with one attached hydrogen (secondary N) is 1. The van der Waals surface area contributed by atoms with Crippen LogP contribution in [-0.2, 0) is 22.4 Å². The van der Waals surface area contributed by atoms with Crippen molar-refractivity contribution in [3.63, 3.8) is 0 Å². The second kappa shape index (κ2) is 8.87. The molecule has 4 aliphatic heterocycles. The molecule has 4 saturated heterocycles. The molecule has 31 heavy (non-hydrogen) atoms. The van der Waals surface area contributed by atoms with Gasteiger partial charge in [-0.05, 0) is 27.7 Å². The molecule has 0 amide bonds. The number of aliphatic hydroxyl groups excluding tert-OH is 1. The molecule has 2 bridgehead atoms. The second-order valence-electron chi connectivity index (χ2n) is 8.69. The van der Waals surface area contributed by atoms with Crippen LogP contribution in [0.25, 0.3) is 0 Å². The lowest BCUT2D eigenvalue weighted by molar-refractivity contribution is -0.148. The number of ether oxygens (including phenoxy) is 1. The number of aliphatic hydroxyl groups is 1. The molecule has 0 unspecified atom stereocenters. The number of H-pyrrole nitrogens is 1. The summed E-state index contributed by atoms with van der Waals surface area (Å²) in [7, 11) is -3.57. The van der Waals surface area contributed by atoms with Crippen LogP contribution in [0.15, 0.2) is 15.8 Å². The number of aromatic amines is 1. The molecule has 12 heteroatoms. The van der Waals surface area contributed by atoms with Gasteiger partial charge in [0.15, 0.2) is 0 Å². The van der Waals surface area contributed by atoms with Gasteiger partial charge in [0.25, 0.3) is 5.56 Å². The van der Waals surface area contributed by atoms with Gasteiger partial charge < -0.3 is 27.5 Å². The van der Waals surface area contributed by atoms with Gasteiger partial charge in [-0.15, -0.1) is 0 Å². The first-order valence-electron chi connectivity index (χ1n) is 10.7. The number of nitrogens with zero attached hydrogens (tertiary/aromatic N) is 2. The Kier molecular flexibility index (Phi) is 6.52. The molecule has 0 aliphatic carbocycles. The van der Waals surface area contributed by atoms with Crippen LogP contribution < -0.4 is 11.2 Å². The summed E-state index contributed by atoms with van der Waals surface area (Å²) in [6, 6.07) is 0. The van der Waals surface area contributed by atoms with Crippen molar-refractivity contribution in [2.24, 2.45) is 0 Å². The number of fused-ring (bicyclic) bond motifs is 6. The summed E-state index contributed by atoms with van der Waals surface area (Å²) in [6.07, 6.45) is -0.748. The van der Waals surface area contributed by atoms with Crippen molar-refractivity contribution >= 4 is 9.05 Å². The van der Waals surface area contributed by atoms with Crippen LogP contribution in [0.5, 0.6) is 0 Å². The smallest absolute Gasteiger partial charge is 0.394 e. The van der Waals surface area contributed by atoms with E-state index in [4.69, 9.17) is 22.4 Å². The molecule has 0 radical (unpaired) electrons. The lowest BCUT2D eigenvalue weighted by atomic mass is 10.2. The molecule has 4 fully saturated rings. The summed E-state index contributed by atoms with van der Waals surface area (Å²) in [5, 5.41) is 9.91. The average Bonchev–Trinajstić information content (AvgIpc) is 3.04. The van der Waals surface area contributed by atoms with Crippen molar-refractivity contribution in [1.82, 2.24) is 14.5 Å². The molecule has 5 heterocycles. The molecule has 6 atom stereocenters.